The van der Waals surface area contributed by atoms with Crippen molar-refractivity contribution in [3.63, 3.8) is 0 Å². The molecule has 23 heavy (non-hydrogen) atoms. The van der Waals surface area contributed by atoms with Gasteiger partial charge in [-0.3, -0.25) is 0 Å². The summed E-state index contributed by atoms with van der Waals surface area (Å²) in [6.45, 7) is 1.97. The van der Waals surface area contributed by atoms with Crippen LogP contribution >= 0.6 is 11.3 Å². The van der Waals surface area contributed by atoms with Crippen molar-refractivity contribution in [1.29, 1.82) is 0 Å². The molecule has 4 heteroatoms. The first-order chi connectivity index (χ1) is 11.1. The predicted octanol–water partition coefficient (Wildman–Crippen LogP) is 4.70. The lowest BCUT2D eigenvalue weighted by atomic mass is 9.94. The van der Waals surface area contributed by atoms with Crippen LogP contribution in [0.5, 0.6) is 5.75 Å². The van der Waals surface area contributed by atoms with Gasteiger partial charge in [-0.05, 0) is 42.5 Å². The third kappa shape index (κ3) is 4.33. The maximum Gasteiger partial charge on any atom is 0.413 e. The second kappa shape index (κ2) is 6.84. The van der Waals surface area contributed by atoms with Gasteiger partial charge in [-0.25, -0.2) is 4.79 Å². The highest BCUT2D eigenvalue weighted by atomic mass is 32.1. The van der Waals surface area contributed by atoms with Gasteiger partial charge in [-0.2, -0.15) is 0 Å². The zero-order chi connectivity index (χ0) is 16.1. The number of carbonyl (C=O) groups excluding carboxylic acids is 1. The quantitative estimate of drug-likeness (QED) is 0.884. The maximum atomic E-state index is 12.0. The van der Waals surface area contributed by atoms with E-state index in [1.807, 2.05) is 55.5 Å². The summed E-state index contributed by atoms with van der Waals surface area (Å²) in [5.41, 5.74) is 0.817. The molecule has 3 rings (SSSR count). The first-order valence-corrected chi connectivity index (χ1v) is 8.47. The molecule has 118 valence electrons. The van der Waals surface area contributed by atoms with E-state index in [9.17, 15) is 4.79 Å². The van der Waals surface area contributed by atoms with Crippen LogP contribution in [0.15, 0.2) is 66.1 Å². The third-order valence-corrected chi connectivity index (χ3v) is 4.61. The van der Waals surface area contributed by atoms with Gasteiger partial charge in [0.15, 0.2) is 0 Å². The highest BCUT2D eigenvalue weighted by Gasteiger charge is 2.24. The Hall–Kier alpha value is -2.33. The van der Waals surface area contributed by atoms with Gasteiger partial charge in [0.1, 0.15) is 5.75 Å². The van der Waals surface area contributed by atoms with Crippen LogP contribution in [-0.4, -0.2) is 11.6 Å². The molecular weight excluding hydrogens is 306 g/mol. The lowest BCUT2D eigenvalue weighted by Crippen LogP contribution is -2.45. The van der Waals surface area contributed by atoms with Gasteiger partial charge in [0.25, 0.3) is 0 Å². The molecule has 1 aromatic carbocycles. The number of benzene rings is 1. The van der Waals surface area contributed by atoms with Crippen LogP contribution in [0, 0.1) is 0 Å². The summed E-state index contributed by atoms with van der Waals surface area (Å²) in [4.78, 5) is 13.4. The van der Waals surface area contributed by atoms with Gasteiger partial charge in [-0.1, -0.05) is 42.5 Å². The fourth-order valence-electron chi connectivity index (χ4n) is 2.48. The minimum Gasteiger partial charge on any atom is -0.410 e. The van der Waals surface area contributed by atoms with Crippen LogP contribution in [0.4, 0.5) is 4.79 Å². The van der Waals surface area contributed by atoms with Gasteiger partial charge >= 0.3 is 6.09 Å². The van der Waals surface area contributed by atoms with Crippen molar-refractivity contribution in [2.75, 3.05) is 0 Å². The minimum absolute atomic E-state index is 0.384. The smallest absolute Gasteiger partial charge is 0.410 e. The number of hydrogen-bond donors (Lipinski definition) is 1. The lowest BCUT2D eigenvalue weighted by Gasteiger charge is -2.27. The first-order valence-electron chi connectivity index (χ1n) is 7.59. The number of carbonyl (C=O) groups is 1. The molecule has 0 aliphatic heterocycles. The zero-order valence-electron chi connectivity index (χ0n) is 13.0. The Morgan fingerprint density at radius 2 is 2.09 bits per heavy atom. The molecule has 1 aliphatic carbocycles. The monoisotopic (exact) mass is 325 g/mol. The molecule has 1 aliphatic rings. The highest BCUT2D eigenvalue weighted by Crippen LogP contribution is 2.20. The topological polar surface area (TPSA) is 38.3 Å². The van der Waals surface area contributed by atoms with E-state index in [0.29, 0.717) is 5.75 Å². The number of nitrogens with one attached hydrogen (secondary N) is 1. The van der Waals surface area contributed by atoms with E-state index in [1.54, 1.807) is 11.3 Å². The molecule has 0 fully saturated rings. The van der Waals surface area contributed by atoms with E-state index in [-0.39, 0.29) is 5.54 Å². The minimum atomic E-state index is -0.432. The Bertz CT molecular complexity index is 716. The maximum absolute atomic E-state index is 12.0. The van der Waals surface area contributed by atoms with Gasteiger partial charge in [0.05, 0.1) is 5.54 Å². The van der Waals surface area contributed by atoms with E-state index >= 15 is 0 Å². The van der Waals surface area contributed by atoms with E-state index in [0.717, 1.165) is 12.8 Å². The molecule has 0 spiro atoms. The molecule has 2 aromatic rings. The van der Waals surface area contributed by atoms with E-state index in [4.69, 9.17) is 4.74 Å². The van der Waals surface area contributed by atoms with Crippen LogP contribution in [0.25, 0.3) is 0 Å². The van der Waals surface area contributed by atoms with Gasteiger partial charge in [-0.15, -0.1) is 11.3 Å². The van der Waals surface area contributed by atoms with Crippen LogP contribution in [-0.2, 0) is 6.42 Å². The van der Waals surface area contributed by atoms with Crippen LogP contribution in [0.3, 0.4) is 0 Å². The molecule has 0 saturated heterocycles. The van der Waals surface area contributed by atoms with Gasteiger partial charge in [0.2, 0.25) is 0 Å². The second-order valence-corrected chi connectivity index (χ2v) is 6.86. The van der Waals surface area contributed by atoms with E-state index in [2.05, 4.69) is 22.8 Å². The molecule has 1 aromatic heterocycles. The first kappa shape index (κ1) is 15.6. The van der Waals surface area contributed by atoms with Crippen molar-refractivity contribution in [2.45, 2.75) is 25.3 Å². The van der Waals surface area contributed by atoms with Crippen molar-refractivity contribution in [1.82, 2.24) is 5.32 Å². The predicted molar refractivity (Wildman–Crippen MR) is 94.0 cm³/mol. The Morgan fingerprint density at radius 3 is 2.74 bits per heavy atom. The van der Waals surface area contributed by atoms with Crippen molar-refractivity contribution >= 4 is 17.4 Å². The summed E-state index contributed by atoms with van der Waals surface area (Å²) >= 11 is 1.74. The Labute approximate surface area is 140 Å². The average Bonchev–Trinajstić information content (AvgIpc) is 3.02. The fourth-order valence-corrected chi connectivity index (χ4v) is 3.21. The molecule has 1 heterocycles. The molecule has 1 N–H and O–H groups in total. The molecule has 0 radical (unpaired) electrons. The van der Waals surface area contributed by atoms with Gasteiger partial charge in [0, 0.05) is 11.3 Å². The van der Waals surface area contributed by atoms with Crippen LogP contribution in [0.2, 0.25) is 0 Å². The number of thiophene rings is 1. The van der Waals surface area contributed by atoms with Gasteiger partial charge < -0.3 is 10.1 Å². The zero-order valence-corrected chi connectivity index (χ0v) is 13.8. The number of allylic oxidation sites excluding steroid dienone is 2. The van der Waals surface area contributed by atoms with Crippen molar-refractivity contribution in [3.8, 4) is 5.75 Å². The van der Waals surface area contributed by atoms with Crippen molar-refractivity contribution < 1.29 is 9.53 Å². The summed E-state index contributed by atoms with van der Waals surface area (Å²) < 4.78 is 5.37. The molecule has 3 nitrogen and oxygen atoms in total. The lowest BCUT2D eigenvalue weighted by molar-refractivity contribution is 0.191. The van der Waals surface area contributed by atoms with Crippen molar-refractivity contribution in [3.05, 3.63) is 76.5 Å². The molecule has 0 bridgehead atoms. The largest absolute Gasteiger partial charge is 0.413 e. The number of amides is 1. The normalized spacial score (nSPS) is 19.5. The Balaban J connectivity index is 1.56. The molecule has 0 saturated carbocycles. The molecular formula is C19H19NO2S. The summed E-state index contributed by atoms with van der Waals surface area (Å²) in [6, 6.07) is 11.8. The van der Waals surface area contributed by atoms with Crippen molar-refractivity contribution in [2.24, 2.45) is 0 Å². The number of hydrogen-bond acceptors (Lipinski definition) is 3. The molecule has 1 amide bonds. The van der Waals surface area contributed by atoms with E-state index < -0.39 is 6.09 Å². The third-order valence-electron chi connectivity index (χ3n) is 3.73. The standard InChI is InChI=1S/C19H19NO2S/c1-19(11-3-2-4-12-19)20-18(21)22-16-9-7-15(8-10-16)14-17-6-5-13-23-17/h2-11,13H,12,14H2,1H3,(H,20,21). The fraction of sp³-hybridized carbons (Fsp3) is 0.211. The van der Waals surface area contributed by atoms with Crippen LogP contribution < -0.4 is 10.1 Å². The summed E-state index contributed by atoms with van der Waals surface area (Å²) in [5, 5.41) is 4.97. The summed E-state index contributed by atoms with van der Waals surface area (Å²) in [5.74, 6) is 0.552. The molecule has 1 atom stereocenters. The summed E-state index contributed by atoms with van der Waals surface area (Å²) in [6.07, 6.45) is 9.14. The Kier molecular flexibility index (Phi) is 4.63. The van der Waals surface area contributed by atoms with Crippen LogP contribution in [0.1, 0.15) is 23.8 Å². The number of ether oxygens (including phenoxy) is 1. The highest BCUT2D eigenvalue weighted by molar-refractivity contribution is 7.09. The second-order valence-electron chi connectivity index (χ2n) is 5.82. The average molecular weight is 325 g/mol. The SMILES string of the molecule is CC1(NC(=O)Oc2ccc(Cc3cccs3)cc2)C=CC=CC1. The van der Waals surface area contributed by atoms with E-state index in [1.165, 1.54) is 10.4 Å². The summed E-state index contributed by atoms with van der Waals surface area (Å²) in [7, 11) is 0. The number of rotatable bonds is 4. The molecule has 1 unspecified atom stereocenters. The Morgan fingerprint density at radius 1 is 1.26 bits per heavy atom.